The molecule has 1 saturated heterocycles. The molecule has 1 rings (SSSR count). The Balaban J connectivity index is 2.35. The van der Waals surface area contributed by atoms with E-state index in [1.54, 1.807) is 4.90 Å². The van der Waals surface area contributed by atoms with E-state index in [0.717, 1.165) is 17.9 Å². The van der Waals surface area contributed by atoms with Gasteiger partial charge in [0, 0.05) is 39.3 Å². The van der Waals surface area contributed by atoms with Gasteiger partial charge in [0.1, 0.15) is 0 Å². The van der Waals surface area contributed by atoms with Crippen molar-refractivity contribution in [2.45, 2.75) is 26.3 Å². The standard InChI is InChI=1S/C12H26N4O3S2/c1-4-20-10-5-11(2)14-12(17)15-6-8-16(9-7-15)21(18,19)13-3/h11,13H,4-10H2,1-3H3,(H,14,17)/t11-/m0/s1. The number of urea groups is 1. The van der Waals surface area contributed by atoms with Crippen molar-refractivity contribution in [3.8, 4) is 0 Å². The Morgan fingerprint density at radius 3 is 2.43 bits per heavy atom. The van der Waals surface area contributed by atoms with Crippen LogP contribution >= 0.6 is 11.8 Å². The van der Waals surface area contributed by atoms with Crippen LogP contribution in [0.2, 0.25) is 0 Å². The number of rotatable bonds is 7. The number of thioether (sulfide) groups is 1. The highest BCUT2D eigenvalue weighted by atomic mass is 32.2. The normalized spacial score (nSPS) is 18.5. The predicted molar refractivity (Wildman–Crippen MR) is 86.7 cm³/mol. The minimum absolute atomic E-state index is 0.106. The van der Waals surface area contributed by atoms with E-state index < -0.39 is 10.2 Å². The van der Waals surface area contributed by atoms with Crippen LogP contribution in [0.25, 0.3) is 0 Å². The SMILES string of the molecule is CCSCC[C@H](C)NC(=O)N1CCN(S(=O)(=O)NC)CC1. The first kappa shape index (κ1) is 18.5. The largest absolute Gasteiger partial charge is 0.336 e. The van der Waals surface area contributed by atoms with Crippen molar-refractivity contribution in [2.24, 2.45) is 0 Å². The third-order valence-electron chi connectivity index (χ3n) is 3.39. The van der Waals surface area contributed by atoms with E-state index in [2.05, 4.69) is 17.0 Å². The Kier molecular flexibility index (Phi) is 7.78. The van der Waals surface area contributed by atoms with Crippen LogP contribution < -0.4 is 10.0 Å². The van der Waals surface area contributed by atoms with Gasteiger partial charge in [-0.2, -0.15) is 24.5 Å². The first-order valence-electron chi connectivity index (χ1n) is 7.22. The summed E-state index contributed by atoms with van der Waals surface area (Å²) < 4.78 is 26.9. The van der Waals surface area contributed by atoms with E-state index in [1.807, 2.05) is 18.7 Å². The second kappa shape index (κ2) is 8.82. The Morgan fingerprint density at radius 2 is 1.90 bits per heavy atom. The number of carbonyl (C=O) groups is 1. The van der Waals surface area contributed by atoms with Gasteiger partial charge in [0.25, 0.3) is 10.2 Å². The lowest BCUT2D eigenvalue weighted by Crippen LogP contribution is -2.55. The smallest absolute Gasteiger partial charge is 0.317 e. The van der Waals surface area contributed by atoms with Crippen molar-refractivity contribution in [1.29, 1.82) is 0 Å². The summed E-state index contributed by atoms with van der Waals surface area (Å²) in [4.78, 5) is 13.8. The second-order valence-corrected chi connectivity index (χ2v) is 8.20. The Morgan fingerprint density at radius 1 is 1.29 bits per heavy atom. The van der Waals surface area contributed by atoms with Crippen molar-refractivity contribution < 1.29 is 13.2 Å². The summed E-state index contributed by atoms with van der Waals surface area (Å²) in [6, 6.07) is 0.0288. The van der Waals surface area contributed by atoms with Gasteiger partial charge in [0.2, 0.25) is 0 Å². The van der Waals surface area contributed by atoms with Crippen LogP contribution in [0.4, 0.5) is 4.79 Å². The summed E-state index contributed by atoms with van der Waals surface area (Å²) in [6.07, 6.45) is 0.943. The molecule has 2 N–H and O–H groups in total. The molecule has 0 aromatic carbocycles. The number of amides is 2. The van der Waals surface area contributed by atoms with Crippen LogP contribution in [-0.2, 0) is 10.2 Å². The highest BCUT2D eigenvalue weighted by Crippen LogP contribution is 2.07. The summed E-state index contributed by atoms with van der Waals surface area (Å²) in [5.74, 6) is 2.12. The Bertz CT molecular complexity index is 422. The third-order valence-corrected chi connectivity index (χ3v) is 5.89. The average Bonchev–Trinajstić information content (AvgIpc) is 2.47. The van der Waals surface area contributed by atoms with Gasteiger partial charge in [0.05, 0.1) is 0 Å². The summed E-state index contributed by atoms with van der Waals surface area (Å²) >= 11 is 1.86. The fourth-order valence-electron chi connectivity index (χ4n) is 2.04. The highest BCUT2D eigenvalue weighted by Gasteiger charge is 2.28. The zero-order valence-corrected chi connectivity index (χ0v) is 14.6. The van der Waals surface area contributed by atoms with Crippen LogP contribution in [0, 0.1) is 0 Å². The summed E-state index contributed by atoms with van der Waals surface area (Å²) in [6.45, 7) is 5.61. The number of hydrogen-bond acceptors (Lipinski definition) is 4. The lowest BCUT2D eigenvalue weighted by molar-refractivity contribution is 0.169. The molecule has 0 unspecified atom stereocenters. The van der Waals surface area contributed by atoms with Crippen LogP contribution in [-0.4, -0.2) is 74.4 Å². The van der Waals surface area contributed by atoms with Crippen LogP contribution in [0.3, 0.4) is 0 Å². The van der Waals surface area contributed by atoms with Gasteiger partial charge in [-0.25, -0.2) is 9.52 Å². The molecule has 0 aromatic heterocycles. The second-order valence-electron chi connectivity index (χ2n) is 4.93. The van der Waals surface area contributed by atoms with E-state index in [4.69, 9.17) is 0 Å². The zero-order valence-electron chi connectivity index (χ0n) is 13.0. The highest BCUT2D eigenvalue weighted by molar-refractivity contribution is 7.99. The molecule has 1 aliphatic heterocycles. The maximum atomic E-state index is 12.1. The zero-order chi connectivity index (χ0) is 15.9. The maximum Gasteiger partial charge on any atom is 0.317 e. The molecular weight excluding hydrogens is 312 g/mol. The van der Waals surface area contributed by atoms with Gasteiger partial charge in [-0.1, -0.05) is 6.92 Å². The fourth-order valence-corrected chi connectivity index (χ4v) is 3.75. The van der Waals surface area contributed by atoms with Crippen molar-refractivity contribution in [3.63, 3.8) is 0 Å². The summed E-state index contributed by atoms with van der Waals surface area (Å²) in [7, 11) is -1.99. The van der Waals surface area contributed by atoms with E-state index in [0.29, 0.717) is 26.2 Å². The van der Waals surface area contributed by atoms with Crippen molar-refractivity contribution >= 4 is 28.0 Å². The molecule has 2 amide bonds. The third kappa shape index (κ3) is 6.01. The number of carbonyl (C=O) groups excluding carboxylic acids is 1. The van der Waals surface area contributed by atoms with Gasteiger partial charge >= 0.3 is 6.03 Å². The topological polar surface area (TPSA) is 81.8 Å². The molecule has 1 heterocycles. The maximum absolute atomic E-state index is 12.1. The van der Waals surface area contributed by atoms with E-state index in [9.17, 15) is 13.2 Å². The molecule has 21 heavy (non-hydrogen) atoms. The number of nitrogens with zero attached hydrogens (tertiary/aromatic N) is 2. The minimum Gasteiger partial charge on any atom is -0.336 e. The molecule has 0 radical (unpaired) electrons. The average molecular weight is 338 g/mol. The molecule has 7 nitrogen and oxygen atoms in total. The monoisotopic (exact) mass is 338 g/mol. The first-order valence-corrected chi connectivity index (χ1v) is 9.82. The van der Waals surface area contributed by atoms with E-state index in [-0.39, 0.29) is 12.1 Å². The summed E-state index contributed by atoms with van der Waals surface area (Å²) in [5, 5.41) is 2.97. The Labute approximate surface area is 132 Å². The minimum atomic E-state index is -3.39. The van der Waals surface area contributed by atoms with Gasteiger partial charge < -0.3 is 10.2 Å². The molecule has 1 fully saturated rings. The van der Waals surface area contributed by atoms with Crippen molar-refractivity contribution in [2.75, 3.05) is 44.7 Å². The number of hydrogen-bond donors (Lipinski definition) is 2. The molecule has 0 aromatic rings. The molecule has 124 valence electrons. The molecule has 0 spiro atoms. The van der Waals surface area contributed by atoms with Crippen molar-refractivity contribution in [3.05, 3.63) is 0 Å². The van der Waals surface area contributed by atoms with Crippen LogP contribution in [0.1, 0.15) is 20.3 Å². The van der Waals surface area contributed by atoms with E-state index in [1.165, 1.54) is 11.4 Å². The van der Waals surface area contributed by atoms with Gasteiger partial charge in [-0.3, -0.25) is 0 Å². The first-order chi connectivity index (χ1) is 9.90. The van der Waals surface area contributed by atoms with Crippen LogP contribution in [0.5, 0.6) is 0 Å². The number of piperazine rings is 1. The number of nitrogens with one attached hydrogen (secondary N) is 2. The van der Waals surface area contributed by atoms with Crippen LogP contribution in [0.15, 0.2) is 0 Å². The fraction of sp³-hybridized carbons (Fsp3) is 0.917. The van der Waals surface area contributed by atoms with E-state index >= 15 is 0 Å². The molecule has 1 aliphatic rings. The summed E-state index contributed by atoms with van der Waals surface area (Å²) in [5.41, 5.74) is 0. The molecular formula is C12H26N4O3S2. The van der Waals surface area contributed by atoms with Gasteiger partial charge in [-0.05, 0) is 24.9 Å². The molecule has 0 aliphatic carbocycles. The predicted octanol–water partition coefficient (Wildman–Crippen LogP) is 0.310. The molecule has 0 saturated carbocycles. The Hall–Kier alpha value is -0.510. The molecule has 0 bridgehead atoms. The lowest BCUT2D eigenvalue weighted by Gasteiger charge is -2.34. The van der Waals surface area contributed by atoms with Crippen molar-refractivity contribution in [1.82, 2.24) is 19.2 Å². The molecule has 9 heteroatoms. The van der Waals surface area contributed by atoms with Gasteiger partial charge in [0.15, 0.2) is 0 Å². The molecule has 1 atom stereocenters. The quantitative estimate of drug-likeness (QED) is 0.655. The van der Waals surface area contributed by atoms with Gasteiger partial charge in [-0.15, -0.1) is 0 Å². The lowest BCUT2D eigenvalue weighted by atomic mass is 10.2.